The van der Waals surface area contributed by atoms with Gasteiger partial charge in [-0.1, -0.05) is 6.07 Å². The average molecular weight is 377 g/mol. The number of carbonyl (C=O) groups is 1. The lowest BCUT2D eigenvalue weighted by Crippen LogP contribution is -2.36. The van der Waals surface area contributed by atoms with Crippen LogP contribution < -0.4 is 10.2 Å². The van der Waals surface area contributed by atoms with Gasteiger partial charge in [-0.05, 0) is 43.7 Å². The van der Waals surface area contributed by atoms with Gasteiger partial charge in [-0.25, -0.2) is 17.8 Å². The van der Waals surface area contributed by atoms with Gasteiger partial charge in [-0.2, -0.15) is 0 Å². The number of halogens is 1. The number of rotatable bonds is 5. The van der Waals surface area contributed by atoms with E-state index in [0.29, 0.717) is 18.7 Å². The summed E-state index contributed by atoms with van der Waals surface area (Å²) in [7, 11) is -2.98. The molecule has 1 aromatic carbocycles. The van der Waals surface area contributed by atoms with Crippen LogP contribution in [0.25, 0.3) is 0 Å². The summed E-state index contributed by atoms with van der Waals surface area (Å²) in [6.07, 6.45) is 2.16. The van der Waals surface area contributed by atoms with Gasteiger partial charge in [0.15, 0.2) is 9.84 Å². The van der Waals surface area contributed by atoms with Crippen molar-refractivity contribution in [3.63, 3.8) is 0 Å². The lowest BCUT2D eigenvalue weighted by atomic mass is 10.2. The van der Waals surface area contributed by atoms with Crippen molar-refractivity contribution in [2.24, 2.45) is 0 Å². The number of aromatic nitrogens is 1. The van der Waals surface area contributed by atoms with Crippen molar-refractivity contribution in [3.8, 4) is 0 Å². The van der Waals surface area contributed by atoms with Gasteiger partial charge in [0.1, 0.15) is 11.5 Å². The molecule has 0 spiro atoms. The van der Waals surface area contributed by atoms with Crippen LogP contribution in [0.1, 0.15) is 23.8 Å². The fraction of sp³-hybridized carbons (Fsp3) is 0.333. The van der Waals surface area contributed by atoms with Gasteiger partial charge in [0.2, 0.25) is 0 Å². The second kappa shape index (κ2) is 7.41. The van der Waals surface area contributed by atoms with Crippen LogP contribution in [-0.4, -0.2) is 43.4 Å². The Morgan fingerprint density at radius 1 is 1.35 bits per heavy atom. The third-order valence-electron chi connectivity index (χ3n) is 4.38. The number of nitrogens with one attached hydrogen (secondary N) is 1. The van der Waals surface area contributed by atoms with Crippen LogP contribution in [0.3, 0.4) is 0 Å². The molecule has 138 valence electrons. The highest BCUT2D eigenvalue weighted by atomic mass is 32.2. The maximum absolute atomic E-state index is 13.2. The standard InChI is InChI=1S/C18H20FN3O3S/c1-2-22(16-8-9-26(24,25)12-16)15-6-7-17(20-11-15)18(23)21-14-5-3-4-13(19)10-14/h3-7,10-11,16H,2,8-9,12H2,1H3,(H,21,23). The molecule has 1 aromatic heterocycles. The summed E-state index contributed by atoms with van der Waals surface area (Å²) in [5.74, 6) is -0.525. The molecule has 1 saturated heterocycles. The third kappa shape index (κ3) is 4.19. The van der Waals surface area contributed by atoms with Crippen LogP contribution in [0, 0.1) is 5.82 Å². The second-order valence-electron chi connectivity index (χ2n) is 6.21. The van der Waals surface area contributed by atoms with E-state index < -0.39 is 21.6 Å². The Labute approximate surface area is 152 Å². The van der Waals surface area contributed by atoms with Crippen molar-refractivity contribution in [1.29, 1.82) is 0 Å². The molecule has 1 N–H and O–H groups in total. The molecule has 3 rings (SSSR count). The SMILES string of the molecule is CCN(c1ccc(C(=O)Nc2cccc(F)c2)nc1)C1CCS(=O)(=O)C1. The molecule has 1 atom stereocenters. The Bertz CT molecular complexity index is 900. The van der Waals surface area contributed by atoms with E-state index in [0.717, 1.165) is 5.69 Å². The molecule has 0 aliphatic carbocycles. The molecule has 8 heteroatoms. The fourth-order valence-corrected chi connectivity index (χ4v) is 4.86. The van der Waals surface area contributed by atoms with E-state index in [9.17, 15) is 17.6 Å². The lowest BCUT2D eigenvalue weighted by molar-refractivity contribution is 0.102. The van der Waals surface area contributed by atoms with Crippen molar-refractivity contribution in [1.82, 2.24) is 4.98 Å². The van der Waals surface area contributed by atoms with E-state index in [1.807, 2.05) is 11.8 Å². The first kappa shape index (κ1) is 18.3. The maximum atomic E-state index is 13.2. The number of anilines is 2. The summed E-state index contributed by atoms with van der Waals surface area (Å²) in [6.45, 7) is 2.60. The molecule has 0 radical (unpaired) electrons. The summed E-state index contributed by atoms with van der Waals surface area (Å²) in [4.78, 5) is 18.4. The molecule has 6 nitrogen and oxygen atoms in total. The number of amides is 1. The van der Waals surface area contributed by atoms with Gasteiger partial charge in [0.05, 0.1) is 23.4 Å². The number of benzene rings is 1. The molecule has 0 bridgehead atoms. The number of pyridine rings is 1. The first-order valence-corrected chi connectivity index (χ1v) is 10.2. The minimum atomic E-state index is -2.98. The fourth-order valence-electron chi connectivity index (χ4n) is 3.12. The Hall–Kier alpha value is -2.48. The van der Waals surface area contributed by atoms with Crippen molar-refractivity contribution in [3.05, 3.63) is 54.1 Å². The van der Waals surface area contributed by atoms with Crippen LogP contribution in [0.15, 0.2) is 42.6 Å². The number of carbonyl (C=O) groups excluding carboxylic acids is 1. The molecule has 2 aromatic rings. The van der Waals surface area contributed by atoms with Crippen molar-refractivity contribution in [2.75, 3.05) is 28.3 Å². The largest absolute Gasteiger partial charge is 0.367 e. The maximum Gasteiger partial charge on any atom is 0.274 e. The van der Waals surface area contributed by atoms with Crippen molar-refractivity contribution >= 4 is 27.1 Å². The summed E-state index contributed by atoms with van der Waals surface area (Å²) in [5.41, 5.74) is 1.33. The lowest BCUT2D eigenvalue weighted by Gasteiger charge is -2.28. The van der Waals surface area contributed by atoms with Crippen molar-refractivity contribution in [2.45, 2.75) is 19.4 Å². The predicted molar refractivity (Wildman–Crippen MR) is 98.7 cm³/mol. The van der Waals surface area contributed by atoms with Gasteiger partial charge >= 0.3 is 0 Å². The van der Waals surface area contributed by atoms with Crippen molar-refractivity contribution < 1.29 is 17.6 Å². The average Bonchev–Trinajstić information content (AvgIpc) is 2.96. The highest BCUT2D eigenvalue weighted by molar-refractivity contribution is 7.91. The Morgan fingerprint density at radius 2 is 2.15 bits per heavy atom. The zero-order valence-electron chi connectivity index (χ0n) is 14.4. The quantitative estimate of drug-likeness (QED) is 0.866. The Balaban J connectivity index is 1.72. The highest BCUT2D eigenvalue weighted by Gasteiger charge is 2.32. The highest BCUT2D eigenvalue weighted by Crippen LogP contribution is 2.24. The smallest absolute Gasteiger partial charge is 0.274 e. The number of nitrogens with zero attached hydrogens (tertiary/aromatic N) is 2. The van der Waals surface area contributed by atoms with Crippen LogP contribution in [0.2, 0.25) is 0 Å². The number of hydrogen-bond donors (Lipinski definition) is 1. The monoisotopic (exact) mass is 377 g/mol. The molecule has 0 saturated carbocycles. The molecule has 1 unspecified atom stereocenters. The predicted octanol–water partition coefficient (Wildman–Crippen LogP) is 2.49. The summed E-state index contributed by atoms with van der Waals surface area (Å²) < 4.78 is 36.6. The second-order valence-corrected chi connectivity index (χ2v) is 8.44. The molecule has 1 amide bonds. The van der Waals surface area contributed by atoms with Gasteiger partial charge in [0, 0.05) is 18.3 Å². The van der Waals surface area contributed by atoms with Gasteiger partial charge in [0.25, 0.3) is 5.91 Å². The zero-order chi connectivity index (χ0) is 18.7. The molecule has 1 aliphatic rings. The van der Waals surface area contributed by atoms with E-state index in [4.69, 9.17) is 0 Å². The zero-order valence-corrected chi connectivity index (χ0v) is 15.2. The van der Waals surface area contributed by atoms with E-state index >= 15 is 0 Å². The molecule has 2 heterocycles. The minimum Gasteiger partial charge on any atom is -0.367 e. The van der Waals surface area contributed by atoms with Crippen LogP contribution in [-0.2, 0) is 9.84 Å². The van der Waals surface area contributed by atoms with Gasteiger partial charge in [-0.3, -0.25) is 4.79 Å². The van der Waals surface area contributed by atoms with Crippen LogP contribution in [0.5, 0.6) is 0 Å². The Kier molecular flexibility index (Phi) is 5.22. The molecular formula is C18H20FN3O3S. The topological polar surface area (TPSA) is 79.4 Å². The third-order valence-corrected chi connectivity index (χ3v) is 6.13. The summed E-state index contributed by atoms with van der Waals surface area (Å²) in [5, 5.41) is 2.59. The van der Waals surface area contributed by atoms with E-state index in [1.54, 1.807) is 24.4 Å². The summed E-state index contributed by atoms with van der Waals surface area (Å²) in [6, 6.07) is 8.89. The van der Waals surface area contributed by atoms with E-state index in [2.05, 4.69) is 10.3 Å². The number of sulfone groups is 1. The molecule has 26 heavy (non-hydrogen) atoms. The first-order chi connectivity index (χ1) is 12.4. The van der Waals surface area contributed by atoms with E-state index in [-0.39, 0.29) is 23.2 Å². The molecule has 1 aliphatic heterocycles. The molecule has 1 fully saturated rings. The van der Waals surface area contributed by atoms with Gasteiger partial charge < -0.3 is 10.2 Å². The van der Waals surface area contributed by atoms with Crippen LogP contribution in [0.4, 0.5) is 15.8 Å². The van der Waals surface area contributed by atoms with Gasteiger partial charge in [-0.15, -0.1) is 0 Å². The van der Waals surface area contributed by atoms with Crippen LogP contribution >= 0.6 is 0 Å². The Morgan fingerprint density at radius 3 is 2.73 bits per heavy atom. The molecular weight excluding hydrogens is 357 g/mol. The minimum absolute atomic E-state index is 0.0706. The number of hydrogen-bond acceptors (Lipinski definition) is 5. The van der Waals surface area contributed by atoms with E-state index in [1.165, 1.54) is 18.2 Å². The normalized spacial score (nSPS) is 18.5. The first-order valence-electron chi connectivity index (χ1n) is 8.38. The summed E-state index contributed by atoms with van der Waals surface area (Å²) >= 11 is 0.